The molecule has 0 aliphatic rings. The van der Waals surface area contributed by atoms with Gasteiger partial charge in [0.15, 0.2) is 11.5 Å². The monoisotopic (exact) mass is 298 g/mol. The summed E-state index contributed by atoms with van der Waals surface area (Å²) in [6, 6.07) is 1.73. The van der Waals surface area contributed by atoms with Crippen molar-refractivity contribution >= 4 is 16.7 Å². The van der Waals surface area contributed by atoms with Crippen LogP contribution >= 0.6 is 0 Å². The first-order chi connectivity index (χ1) is 10.8. The zero-order valence-corrected chi connectivity index (χ0v) is 11.6. The van der Waals surface area contributed by atoms with E-state index in [0.29, 0.717) is 23.8 Å². The quantitative estimate of drug-likeness (QED) is 0.627. The van der Waals surface area contributed by atoms with E-state index in [-0.39, 0.29) is 5.65 Å². The molecule has 4 aromatic rings. The minimum Gasteiger partial charge on any atom is -0.464 e. The number of nitrogens with zero attached hydrogens (tertiary/aromatic N) is 5. The third kappa shape index (κ3) is 1.88. The largest absolute Gasteiger partial charge is 0.464 e. The first kappa shape index (κ1) is 12.7. The Labute approximate surface area is 123 Å². The number of hydrogen-bond acceptors (Lipinski definition) is 5. The van der Waals surface area contributed by atoms with Crippen LogP contribution in [0, 0.1) is 5.82 Å². The molecule has 0 aliphatic carbocycles. The fourth-order valence-electron chi connectivity index (χ4n) is 2.36. The number of nitrogens with one attached hydrogen (secondary N) is 1. The summed E-state index contributed by atoms with van der Waals surface area (Å²) < 4.78 is 20.7. The number of pyridine rings is 1. The van der Waals surface area contributed by atoms with Crippen molar-refractivity contribution in [3.8, 4) is 17.1 Å². The number of rotatable bonds is 3. The lowest BCUT2D eigenvalue weighted by molar-refractivity contribution is 0.314. The molecule has 1 N–H and O–H groups in total. The Morgan fingerprint density at radius 1 is 1.36 bits per heavy atom. The van der Waals surface area contributed by atoms with Gasteiger partial charge in [0.05, 0.1) is 6.61 Å². The molecule has 0 radical (unpaired) electrons. The number of halogens is 1. The van der Waals surface area contributed by atoms with Gasteiger partial charge in [-0.2, -0.15) is 10.1 Å². The molecule has 0 amide bonds. The second-order valence-corrected chi connectivity index (χ2v) is 4.66. The van der Waals surface area contributed by atoms with Crippen molar-refractivity contribution in [2.45, 2.75) is 6.92 Å². The summed E-state index contributed by atoms with van der Waals surface area (Å²) in [6.07, 6.45) is 6.44. The third-order valence-electron chi connectivity index (χ3n) is 3.32. The van der Waals surface area contributed by atoms with Crippen molar-refractivity contribution < 1.29 is 9.13 Å². The first-order valence-corrected chi connectivity index (χ1v) is 6.72. The van der Waals surface area contributed by atoms with E-state index in [1.807, 2.05) is 6.92 Å². The van der Waals surface area contributed by atoms with E-state index in [1.54, 1.807) is 18.6 Å². The summed E-state index contributed by atoms with van der Waals surface area (Å²) in [5.74, 6) is -0.434. The van der Waals surface area contributed by atoms with Crippen LogP contribution in [0.5, 0.6) is 6.01 Å². The highest BCUT2D eigenvalue weighted by Crippen LogP contribution is 2.28. The van der Waals surface area contributed by atoms with Gasteiger partial charge in [-0.3, -0.25) is 0 Å². The van der Waals surface area contributed by atoms with Crippen molar-refractivity contribution in [3.63, 3.8) is 0 Å². The predicted octanol–water partition coefficient (Wildman–Crippen LogP) is 2.21. The molecular formula is C14H11FN6O. The maximum atomic E-state index is 14.1. The van der Waals surface area contributed by atoms with Gasteiger partial charge >= 0.3 is 6.01 Å². The van der Waals surface area contributed by atoms with Gasteiger partial charge in [0.2, 0.25) is 0 Å². The fourth-order valence-corrected chi connectivity index (χ4v) is 2.36. The van der Waals surface area contributed by atoms with Gasteiger partial charge < -0.3 is 9.72 Å². The molecule has 4 aromatic heterocycles. The number of fused-ring (bicyclic) bond motifs is 2. The lowest BCUT2D eigenvalue weighted by Gasteiger charge is -2.03. The Morgan fingerprint density at radius 3 is 3.14 bits per heavy atom. The van der Waals surface area contributed by atoms with Crippen LogP contribution in [0.15, 0.2) is 31.0 Å². The molecular weight excluding hydrogens is 287 g/mol. The fraction of sp³-hybridized carbons (Fsp3) is 0.143. The van der Waals surface area contributed by atoms with E-state index in [2.05, 4.69) is 25.0 Å². The Balaban J connectivity index is 1.88. The molecule has 0 spiro atoms. The topological polar surface area (TPSA) is 81.0 Å². The van der Waals surface area contributed by atoms with Crippen LogP contribution in [-0.2, 0) is 0 Å². The van der Waals surface area contributed by atoms with E-state index in [1.165, 1.54) is 16.9 Å². The van der Waals surface area contributed by atoms with Crippen molar-refractivity contribution in [2.75, 3.05) is 6.61 Å². The minimum atomic E-state index is -0.434. The van der Waals surface area contributed by atoms with E-state index in [4.69, 9.17) is 4.74 Å². The molecule has 0 fully saturated rings. The lowest BCUT2D eigenvalue weighted by Crippen LogP contribution is -1.97. The summed E-state index contributed by atoms with van der Waals surface area (Å²) >= 11 is 0. The first-order valence-electron chi connectivity index (χ1n) is 6.72. The highest BCUT2D eigenvalue weighted by Gasteiger charge is 2.13. The molecule has 22 heavy (non-hydrogen) atoms. The molecule has 0 atom stereocenters. The molecule has 0 aromatic carbocycles. The summed E-state index contributed by atoms with van der Waals surface area (Å²) in [5, 5.41) is 4.75. The summed E-state index contributed by atoms with van der Waals surface area (Å²) in [6.45, 7) is 2.36. The molecule has 0 unspecified atom stereocenters. The Morgan fingerprint density at radius 2 is 2.27 bits per heavy atom. The summed E-state index contributed by atoms with van der Waals surface area (Å²) in [4.78, 5) is 15.3. The zero-order chi connectivity index (χ0) is 15.1. The Bertz CT molecular complexity index is 976. The molecule has 7 nitrogen and oxygen atoms in total. The minimum absolute atomic E-state index is 0.193. The van der Waals surface area contributed by atoms with Gasteiger partial charge in [-0.25, -0.2) is 18.9 Å². The van der Waals surface area contributed by atoms with Gasteiger partial charge in [-0.15, -0.1) is 0 Å². The van der Waals surface area contributed by atoms with E-state index in [0.717, 1.165) is 10.9 Å². The van der Waals surface area contributed by atoms with Crippen LogP contribution < -0.4 is 4.74 Å². The molecule has 4 rings (SSSR count). The van der Waals surface area contributed by atoms with Gasteiger partial charge in [0.25, 0.3) is 0 Å². The summed E-state index contributed by atoms with van der Waals surface area (Å²) in [7, 11) is 0. The molecule has 4 heterocycles. The van der Waals surface area contributed by atoms with Gasteiger partial charge in [-0.1, -0.05) is 0 Å². The van der Waals surface area contributed by atoms with Crippen LogP contribution in [0.2, 0.25) is 0 Å². The average molecular weight is 298 g/mol. The standard InChI is InChI=1S/C14H11FN6O/c1-2-22-14-17-5-10-9(4-16-12(10)20-14)8-3-11(15)13-18-7-19-21(13)6-8/h3-7H,2H2,1H3,(H,16,17,20). The second-order valence-electron chi connectivity index (χ2n) is 4.66. The van der Waals surface area contributed by atoms with Crippen molar-refractivity contribution in [1.29, 1.82) is 0 Å². The normalized spacial score (nSPS) is 11.4. The molecule has 0 saturated carbocycles. The maximum Gasteiger partial charge on any atom is 0.318 e. The second kappa shape index (κ2) is 4.76. The number of H-pyrrole nitrogens is 1. The number of ether oxygens (including phenoxy) is 1. The van der Waals surface area contributed by atoms with Gasteiger partial charge in [0, 0.05) is 35.1 Å². The zero-order valence-electron chi connectivity index (χ0n) is 11.6. The van der Waals surface area contributed by atoms with Crippen molar-refractivity contribution in [3.05, 3.63) is 36.8 Å². The number of hydrogen-bond donors (Lipinski definition) is 1. The van der Waals surface area contributed by atoms with Crippen LogP contribution in [0.4, 0.5) is 4.39 Å². The van der Waals surface area contributed by atoms with Gasteiger partial charge in [0.1, 0.15) is 12.0 Å². The lowest BCUT2D eigenvalue weighted by atomic mass is 10.1. The van der Waals surface area contributed by atoms with E-state index < -0.39 is 5.82 Å². The molecule has 0 saturated heterocycles. The third-order valence-corrected chi connectivity index (χ3v) is 3.32. The van der Waals surface area contributed by atoms with Crippen LogP contribution in [0.25, 0.3) is 27.8 Å². The summed E-state index contributed by atoms with van der Waals surface area (Å²) in [5.41, 5.74) is 2.27. The highest BCUT2D eigenvalue weighted by atomic mass is 19.1. The van der Waals surface area contributed by atoms with Crippen LogP contribution in [0.1, 0.15) is 6.92 Å². The smallest absolute Gasteiger partial charge is 0.318 e. The molecule has 8 heteroatoms. The Hall–Kier alpha value is -3.03. The van der Waals surface area contributed by atoms with Gasteiger partial charge in [-0.05, 0) is 13.0 Å². The van der Waals surface area contributed by atoms with Crippen LogP contribution in [0.3, 0.4) is 0 Å². The van der Waals surface area contributed by atoms with Crippen molar-refractivity contribution in [2.24, 2.45) is 0 Å². The molecule has 0 aliphatic heterocycles. The van der Waals surface area contributed by atoms with E-state index >= 15 is 0 Å². The van der Waals surface area contributed by atoms with Crippen molar-refractivity contribution in [1.82, 2.24) is 29.5 Å². The molecule has 0 bridgehead atoms. The highest BCUT2D eigenvalue weighted by molar-refractivity contribution is 5.93. The van der Waals surface area contributed by atoms with Crippen LogP contribution in [-0.4, -0.2) is 36.2 Å². The number of aromatic amines is 1. The van der Waals surface area contributed by atoms with E-state index in [9.17, 15) is 4.39 Å². The Kier molecular flexibility index (Phi) is 2.75. The SMILES string of the molecule is CCOc1ncc2c(-c3cc(F)c4ncnn4c3)c[nH]c2n1. The average Bonchev–Trinajstić information content (AvgIpc) is 3.13. The predicted molar refractivity (Wildman–Crippen MR) is 77.0 cm³/mol. The number of aromatic nitrogens is 6. The molecule has 110 valence electrons. The maximum absolute atomic E-state index is 14.1.